The van der Waals surface area contributed by atoms with E-state index in [1.54, 1.807) is 0 Å². The van der Waals surface area contributed by atoms with Crippen molar-refractivity contribution in [2.24, 2.45) is 11.8 Å². The molecule has 0 rings (SSSR count). The van der Waals surface area contributed by atoms with Crippen LogP contribution in [0.3, 0.4) is 0 Å². The lowest BCUT2D eigenvalue weighted by Gasteiger charge is -2.18. The monoisotopic (exact) mass is 835 g/mol. The van der Waals surface area contributed by atoms with Crippen molar-refractivity contribution < 1.29 is 28.6 Å². The van der Waals surface area contributed by atoms with E-state index in [0.717, 1.165) is 69.6 Å². The number of ether oxygens (including phenoxy) is 3. The second-order valence-corrected chi connectivity index (χ2v) is 19.1. The summed E-state index contributed by atoms with van der Waals surface area (Å²) in [6.45, 7) is 11.4. The highest BCUT2D eigenvalue weighted by Crippen LogP contribution is 2.17. The maximum atomic E-state index is 12.8. The Kier molecular flexibility index (Phi) is 44.7. The van der Waals surface area contributed by atoms with Crippen molar-refractivity contribution in [3.05, 3.63) is 0 Å². The van der Waals surface area contributed by atoms with Gasteiger partial charge in [-0.3, -0.25) is 14.4 Å². The summed E-state index contributed by atoms with van der Waals surface area (Å²) < 4.78 is 16.8. The van der Waals surface area contributed by atoms with Crippen LogP contribution >= 0.6 is 0 Å². The molecule has 0 saturated heterocycles. The van der Waals surface area contributed by atoms with Gasteiger partial charge in [-0.1, -0.05) is 253 Å². The molecule has 1 atom stereocenters. The molecule has 0 aliphatic rings. The molecule has 0 aromatic carbocycles. The zero-order chi connectivity index (χ0) is 43.3. The predicted octanol–water partition coefficient (Wildman–Crippen LogP) is 16.9. The molecule has 0 saturated carbocycles. The number of carbonyl (C=O) groups is 3. The minimum absolute atomic E-state index is 0.0638. The van der Waals surface area contributed by atoms with Crippen molar-refractivity contribution in [3.63, 3.8) is 0 Å². The molecule has 0 aliphatic carbocycles. The molecule has 0 fully saturated rings. The molecule has 0 N–H and O–H groups in total. The van der Waals surface area contributed by atoms with Gasteiger partial charge in [0, 0.05) is 19.3 Å². The van der Waals surface area contributed by atoms with Gasteiger partial charge in [-0.05, 0) is 31.1 Å². The fourth-order valence-corrected chi connectivity index (χ4v) is 7.99. The number of unbranched alkanes of at least 4 members (excludes halogenated alkanes) is 32. The Bertz CT molecular complexity index is 900. The van der Waals surface area contributed by atoms with E-state index in [1.165, 1.54) is 180 Å². The average molecular weight is 835 g/mol. The third kappa shape index (κ3) is 47.3. The molecule has 0 amide bonds. The van der Waals surface area contributed by atoms with Gasteiger partial charge in [-0.25, -0.2) is 0 Å². The van der Waals surface area contributed by atoms with Crippen LogP contribution in [0, 0.1) is 11.8 Å². The first kappa shape index (κ1) is 57.4. The van der Waals surface area contributed by atoms with Crippen molar-refractivity contribution in [1.29, 1.82) is 0 Å². The number of hydrogen-bond acceptors (Lipinski definition) is 6. The lowest BCUT2D eigenvalue weighted by molar-refractivity contribution is -0.167. The van der Waals surface area contributed by atoms with Gasteiger partial charge in [0.1, 0.15) is 13.2 Å². The summed E-state index contributed by atoms with van der Waals surface area (Å²) in [6, 6.07) is 0. The second-order valence-electron chi connectivity index (χ2n) is 19.1. The van der Waals surface area contributed by atoms with Gasteiger partial charge in [0.15, 0.2) is 6.10 Å². The molecule has 0 aliphatic heterocycles. The summed E-state index contributed by atoms with van der Waals surface area (Å²) in [7, 11) is 0. The second kappa shape index (κ2) is 45.9. The summed E-state index contributed by atoms with van der Waals surface area (Å²) >= 11 is 0. The lowest BCUT2D eigenvalue weighted by Crippen LogP contribution is -2.30. The van der Waals surface area contributed by atoms with Gasteiger partial charge < -0.3 is 14.2 Å². The molecule has 0 aromatic heterocycles. The van der Waals surface area contributed by atoms with Gasteiger partial charge in [-0.2, -0.15) is 0 Å². The highest BCUT2D eigenvalue weighted by Gasteiger charge is 2.19. The summed E-state index contributed by atoms with van der Waals surface area (Å²) in [5.74, 6) is 0.811. The van der Waals surface area contributed by atoms with E-state index in [1.807, 2.05) is 0 Å². The van der Waals surface area contributed by atoms with Crippen LogP contribution in [0.1, 0.15) is 291 Å². The average Bonchev–Trinajstić information content (AvgIpc) is 3.20. The highest BCUT2D eigenvalue weighted by atomic mass is 16.6. The number of carbonyl (C=O) groups excluding carboxylic acids is 3. The van der Waals surface area contributed by atoms with E-state index in [0.29, 0.717) is 19.3 Å². The maximum Gasteiger partial charge on any atom is 0.306 e. The highest BCUT2D eigenvalue weighted by molar-refractivity contribution is 5.71. The van der Waals surface area contributed by atoms with E-state index >= 15 is 0 Å². The minimum Gasteiger partial charge on any atom is -0.462 e. The lowest BCUT2D eigenvalue weighted by atomic mass is 10.0. The van der Waals surface area contributed by atoms with Crippen LogP contribution in [-0.4, -0.2) is 37.2 Å². The molecule has 0 spiro atoms. The summed E-state index contributed by atoms with van der Waals surface area (Å²) in [6.07, 6.45) is 46.7. The molecule has 350 valence electrons. The number of esters is 3. The molecular formula is C53H102O6. The molecule has 0 radical (unpaired) electrons. The molecule has 59 heavy (non-hydrogen) atoms. The third-order valence-corrected chi connectivity index (χ3v) is 12.0. The maximum absolute atomic E-state index is 12.8. The fraction of sp³-hybridized carbons (Fsp3) is 0.943. The van der Waals surface area contributed by atoms with E-state index in [2.05, 4.69) is 34.6 Å². The number of hydrogen-bond donors (Lipinski definition) is 0. The van der Waals surface area contributed by atoms with Crippen molar-refractivity contribution in [1.82, 2.24) is 0 Å². The molecular weight excluding hydrogens is 733 g/mol. The van der Waals surface area contributed by atoms with Gasteiger partial charge in [-0.15, -0.1) is 0 Å². The first-order chi connectivity index (χ1) is 28.7. The largest absolute Gasteiger partial charge is 0.462 e. The Morgan fingerprint density at radius 2 is 0.559 bits per heavy atom. The van der Waals surface area contributed by atoms with Gasteiger partial charge in [0.25, 0.3) is 0 Å². The topological polar surface area (TPSA) is 78.9 Å². The van der Waals surface area contributed by atoms with Gasteiger partial charge in [0.2, 0.25) is 0 Å². The predicted molar refractivity (Wildman–Crippen MR) is 252 cm³/mol. The molecule has 0 heterocycles. The SMILES string of the molecule is CCCCCCCCCCCCC(=O)OC[C@@H](COC(=O)CCCCCCCCCCCC(C)C)OC(=O)CCCCCCCCCCCCCCCCCCC(C)C. The zero-order valence-electron chi connectivity index (χ0n) is 40.4. The van der Waals surface area contributed by atoms with Crippen molar-refractivity contribution in [3.8, 4) is 0 Å². The van der Waals surface area contributed by atoms with Crippen LogP contribution < -0.4 is 0 Å². The Hall–Kier alpha value is -1.59. The molecule has 0 unspecified atom stereocenters. The smallest absolute Gasteiger partial charge is 0.306 e. The Balaban J connectivity index is 4.25. The standard InChI is InChI=1S/C53H102O6/c1-6-7-8-9-10-11-23-28-33-38-43-51(54)57-46-50(47-58-52(55)44-39-34-29-25-20-22-27-32-37-42-49(4)5)59-53(56)45-40-35-30-24-19-17-15-13-12-14-16-18-21-26-31-36-41-48(2)3/h48-50H,6-47H2,1-5H3/t50-/m0/s1. The van der Waals surface area contributed by atoms with Gasteiger partial charge in [0.05, 0.1) is 0 Å². The van der Waals surface area contributed by atoms with Crippen molar-refractivity contribution in [2.75, 3.05) is 13.2 Å². The van der Waals surface area contributed by atoms with Crippen molar-refractivity contribution in [2.45, 2.75) is 298 Å². The van der Waals surface area contributed by atoms with E-state index in [-0.39, 0.29) is 31.1 Å². The third-order valence-electron chi connectivity index (χ3n) is 12.0. The summed E-state index contributed by atoms with van der Waals surface area (Å²) in [5, 5.41) is 0. The fourth-order valence-electron chi connectivity index (χ4n) is 7.99. The van der Waals surface area contributed by atoms with E-state index < -0.39 is 6.10 Å². The molecule has 0 aromatic rings. The zero-order valence-corrected chi connectivity index (χ0v) is 40.4. The van der Waals surface area contributed by atoms with Crippen LogP contribution in [0.5, 0.6) is 0 Å². The van der Waals surface area contributed by atoms with Crippen LogP contribution in [0.4, 0.5) is 0 Å². The first-order valence-electron chi connectivity index (χ1n) is 26.2. The summed E-state index contributed by atoms with van der Waals surface area (Å²) in [5.41, 5.74) is 0. The quantitative estimate of drug-likeness (QED) is 0.0345. The van der Waals surface area contributed by atoms with Crippen molar-refractivity contribution >= 4 is 17.9 Å². The van der Waals surface area contributed by atoms with E-state index in [4.69, 9.17) is 14.2 Å². The first-order valence-corrected chi connectivity index (χ1v) is 26.2. The Morgan fingerprint density at radius 1 is 0.322 bits per heavy atom. The molecule has 6 nitrogen and oxygen atoms in total. The van der Waals surface area contributed by atoms with E-state index in [9.17, 15) is 14.4 Å². The normalized spacial score (nSPS) is 12.1. The van der Waals surface area contributed by atoms with Gasteiger partial charge >= 0.3 is 17.9 Å². The van der Waals surface area contributed by atoms with Crippen LogP contribution in [0.15, 0.2) is 0 Å². The van der Waals surface area contributed by atoms with Crippen LogP contribution in [0.25, 0.3) is 0 Å². The van der Waals surface area contributed by atoms with Crippen LogP contribution in [0.2, 0.25) is 0 Å². The molecule has 0 bridgehead atoms. The Morgan fingerprint density at radius 3 is 0.831 bits per heavy atom. The minimum atomic E-state index is -0.761. The summed E-state index contributed by atoms with van der Waals surface area (Å²) in [4.78, 5) is 37.9. The Labute approximate surface area is 368 Å². The van der Waals surface area contributed by atoms with Crippen LogP contribution in [-0.2, 0) is 28.6 Å². The number of rotatable bonds is 47. The molecule has 6 heteroatoms.